The average Bonchev–Trinajstić information content (AvgIpc) is 2.73. The summed E-state index contributed by atoms with van der Waals surface area (Å²) in [6.07, 6.45) is 3.89. The monoisotopic (exact) mass is 232 g/mol. The summed E-state index contributed by atoms with van der Waals surface area (Å²) < 4.78 is 0. The number of aromatic nitrogens is 1. The Morgan fingerprint density at radius 1 is 1.33 bits per heavy atom. The van der Waals surface area contributed by atoms with E-state index in [0.29, 0.717) is 0 Å². The Bertz CT molecular complexity index is 615. The molecule has 0 amide bonds. The van der Waals surface area contributed by atoms with Gasteiger partial charge in [-0.05, 0) is 24.5 Å². The fraction of sp³-hybridized carbons (Fsp3) is 0.0909. The molecule has 0 fully saturated rings. The third-order valence-corrected chi connectivity index (χ3v) is 3.83. The maximum atomic E-state index is 4.49. The van der Waals surface area contributed by atoms with Gasteiger partial charge in [-0.25, -0.2) is 9.98 Å². The number of hydrogen-bond acceptors (Lipinski definition) is 4. The van der Waals surface area contributed by atoms with E-state index in [2.05, 4.69) is 34.4 Å². The summed E-state index contributed by atoms with van der Waals surface area (Å²) >= 11 is 3.38. The highest BCUT2D eigenvalue weighted by molar-refractivity contribution is 7.98. The van der Waals surface area contributed by atoms with Crippen LogP contribution in [0.15, 0.2) is 39.7 Å². The van der Waals surface area contributed by atoms with Crippen LogP contribution in [0.1, 0.15) is 5.01 Å². The first-order valence-electron chi connectivity index (χ1n) is 4.55. The predicted molar refractivity (Wildman–Crippen MR) is 63.6 cm³/mol. The van der Waals surface area contributed by atoms with Crippen molar-refractivity contribution in [1.29, 1.82) is 0 Å². The molecule has 15 heavy (non-hydrogen) atoms. The number of rotatable bonds is 2. The molecular weight excluding hydrogens is 224 g/mol. The molecule has 1 aromatic heterocycles. The number of nitrogens with zero attached hydrogens (tertiary/aromatic N) is 2. The molecule has 2 nitrogen and oxygen atoms in total. The normalized spacial score (nSPS) is 13.0. The van der Waals surface area contributed by atoms with Crippen LogP contribution < -0.4 is 10.6 Å². The Morgan fingerprint density at radius 3 is 2.93 bits per heavy atom. The summed E-state index contributed by atoms with van der Waals surface area (Å²) in [5, 5.41) is 5.31. The molecule has 0 unspecified atom stereocenters. The van der Waals surface area contributed by atoms with Crippen molar-refractivity contribution in [3.8, 4) is 0 Å². The van der Waals surface area contributed by atoms with E-state index in [9.17, 15) is 0 Å². The van der Waals surface area contributed by atoms with Crippen molar-refractivity contribution >= 4 is 28.8 Å². The summed E-state index contributed by atoms with van der Waals surface area (Å²) in [5.41, 5.74) is 1.03. The summed E-state index contributed by atoms with van der Waals surface area (Å²) in [4.78, 5) is 10.0. The van der Waals surface area contributed by atoms with Gasteiger partial charge < -0.3 is 0 Å². The number of thioether (sulfide) groups is 1. The first kappa shape index (κ1) is 9.12. The molecule has 0 spiro atoms. The van der Waals surface area contributed by atoms with Crippen LogP contribution in [0.25, 0.3) is 5.70 Å². The lowest BCUT2D eigenvalue weighted by Crippen LogP contribution is -2.35. The van der Waals surface area contributed by atoms with E-state index in [4.69, 9.17) is 0 Å². The van der Waals surface area contributed by atoms with Crippen LogP contribution in [0.2, 0.25) is 0 Å². The average molecular weight is 232 g/mol. The lowest BCUT2D eigenvalue weighted by atomic mass is 10.2. The van der Waals surface area contributed by atoms with Crippen molar-refractivity contribution < 1.29 is 0 Å². The number of thiazole rings is 1. The molecular formula is C11H8N2S2. The van der Waals surface area contributed by atoms with Gasteiger partial charge in [-0.15, -0.1) is 23.1 Å². The molecule has 4 heteroatoms. The van der Waals surface area contributed by atoms with Crippen LogP contribution in [0.5, 0.6) is 0 Å². The topological polar surface area (TPSA) is 25.2 Å². The molecule has 0 atom stereocenters. The zero-order valence-electron chi connectivity index (χ0n) is 8.10. The maximum absolute atomic E-state index is 4.49. The first-order chi connectivity index (χ1) is 7.38. The van der Waals surface area contributed by atoms with Gasteiger partial charge in [0.15, 0.2) is 0 Å². The molecule has 74 valence electrons. The number of benzene rings is 1. The minimum absolute atomic E-state index is 1.01. The van der Waals surface area contributed by atoms with E-state index < -0.39 is 0 Å². The van der Waals surface area contributed by atoms with Gasteiger partial charge in [0.1, 0.15) is 10.7 Å². The zero-order valence-corrected chi connectivity index (χ0v) is 9.73. The lowest BCUT2D eigenvalue weighted by molar-refractivity contribution is 1.15. The smallest absolute Gasteiger partial charge is 0.142 e. The van der Waals surface area contributed by atoms with Crippen molar-refractivity contribution in [2.75, 3.05) is 6.26 Å². The number of fused-ring (bicyclic) bond motifs is 1. The van der Waals surface area contributed by atoms with Crippen LogP contribution in [-0.2, 0) is 0 Å². The van der Waals surface area contributed by atoms with Crippen LogP contribution in [0.4, 0.5) is 0 Å². The molecule has 2 heterocycles. The Hall–Kier alpha value is -1.13. The minimum Gasteiger partial charge on any atom is -0.244 e. The van der Waals surface area contributed by atoms with Gasteiger partial charge in [0, 0.05) is 21.7 Å². The van der Waals surface area contributed by atoms with E-state index in [1.165, 1.54) is 10.1 Å². The SMILES string of the molecule is CSc1ccc2c(c1)=NC=2c1nccs1. The fourth-order valence-corrected chi connectivity index (χ4v) is 2.64. The van der Waals surface area contributed by atoms with Crippen molar-refractivity contribution in [3.63, 3.8) is 0 Å². The highest BCUT2D eigenvalue weighted by Crippen LogP contribution is 2.18. The second-order valence-electron chi connectivity index (χ2n) is 3.18. The van der Waals surface area contributed by atoms with Crippen LogP contribution in [0.3, 0.4) is 0 Å². The van der Waals surface area contributed by atoms with E-state index >= 15 is 0 Å². The highest BCUT2D eigenvalue weighted by atomic mass is 32.2. The molecule has 0 saturated heterocycles. The van der Waals surface area contributed by atoms with Crippen molar-refractivity contribution in [2.45, 2.75) is 4.90 Å². The lowest BCUT2D eigenvalue weighted by Gasteiger charge is -2.07. The molecule has 0 saturated carbocycles. The Labute approximate surface area is 95.4 Å². The number of hydrogen-bond donors (Lipinski definition) is 0. The molecule has 0 radical (unpaired) electrons. The van der Waals surface area contributed by atoms with Gasteiger partial charge >= 0.3 is 0 Å². The van der Waals surface area contributed by atoms with Crippen LogP contribution >= 0.6 is 23.1 Å². The van der Waals surface area contributed by atoms with E-state index in [-0.39, 0.29) is 0 Å². The van der Waals surface area contributed by atoms with E-state index in [1.807, 2.05) is 11.6 Å². The Balaban J connectivity index is 2.17. The van der Waals surface area contributed by atoms with E-state index in [0.717, 1.165) is 16.1 Å². The van der Waals surface area contributed by atoms with E-state index in [1.54, 1.807) is 23.1 Å². The van der Waals surface area contributed by atoms with Gasteiger partial charge in [-0.1, -0.05) is 0 Å². The quantitative estimate of drug-likeness (QED) is 0.736. The van der Waals surface area contributed by atoms with Gasteiger partial charge in [0.25, 0.3) is 0 Å². The predicted octanol–water partition coefficient (Wildman–Crippen LogP) is 1.65. The van der Waals surface area contributed by atoms with Crippen molar-refractivity contribution in [2.24, 2.45) is 4.99 Å². The summed E-state index contributed by atoms with van der Waals surface area (Å²) in [5.74, 6) is 0. The van der Waals surface area contributed by atoms with Crippen molar-refractivity contribution in [1.82, 2.24) is 4.98 Å². The largest absolute Gasteiger partial charge is 0.244 e. The summed E-state index contributed by atoms with van der Waals surface area (Å²) in [6, 6.07) is 6.38. The standard InChI is InChI=1S/C11H8N2S2/c1-14-7-2-3-8-9(6-7)13-10(8)11-12-4-5-15-11/h2-6H,1H3. The van der Waals surface area contributed by atoms with Gasteiger partial charge in [0.2, 0.25) is 0 Å². The molecule has 1 aromatic carbocycles. The highest BCUT2D eigenvalue weighted by Gasteiger charge is 2.12. The molecule has 1 aliphatic heterocycles. The molecule has 3 rings (SSSR count). The van der Waals surface area contributed by atoms with Crippen LogP contribution in [0, 0.1) is 0 Å². The Morgan fingerprint density at radius 2 is 2.27 bits per heavy atom. The molecule has 0 N–H and O–H groups in total. The van der Waals surface area contributed by atoms with Gasteiger partial charge in [-0.2, -0.15) is 0 Å². The third kappa shape index (κ3) is 1.41. The second-order valence-corrected chi connectivity index (χ2v) is 4.95. The Kier molecular flexibility index (Phi) is 2.11. The van der Waals surface area contributed by atoms with Gasteiger partial charge in [-0.3, -0.25) is 0 Å². The molecule has 0 aliphatic carbocycles. The summed E-state index contributed by atoms with van der Waals surface area (Å²) in [7, 11) is 0. The van der Waals surface area contributed by atoms with Crippen molar-refractivity contribution in [3.05, 3.63) is 45.4 Å². The first-order valence-corrected chi connectivity index (χ1v) is 6.66. The maximum Gasteiger partial charge on any atom is 0.142 e. The minimum atomic E-state index is 1.01. The molecule has 2 aromatic rings. The second kappa shape index (κ2) is 3.47. The molecule has 0 bridgehead atoms. The zero-order chi connectivity index (χ0) is 10.3. The van der Waals surface area contributed by atoms with Crippen LogP contribution in [-0.4, -0.2) is 11.2 Å². The third-order valence-electron chi connectivity index (χ3n) is 2.33. The molecule has 1 aliphatic rings. The summed E-state index contributed by atoms with van der Waals surface area (Å²) in [6.45, 7) is 0. The van der Waals surface area contributed by atoms with Gasteiger partial charge in [0.05, 0.1) is 5.36 Å². The fourth-order valence-electron chi connectivity index (χ4n) is 1.56.